The highest BCUT2D eigenvalue weighted by atomic mass is 16.5. The van der Waals surface area contributed by atoms with Crippen LogP contribution in [-0.2, 0) is 11.2 Å². The van der Waals surface area contributed by atoms with Gasteiger partial charge >= 0.3 is 0 Å². The molecule has 0 aromatic heterocycles. The lowest BCUT2D eigenvalue weighted by molar-refractivity contribution is -0.121. The zero-order valence-electron chi connectivity index (χ0n) is 12.3. The third-order valence-corrected chi connectivity index (χ3v) is 3.60. The summed E-state index contributed by atoms with van der Waals surface area (Å²) in [4.78, 5) is 11.0. The van der Waals surface area contributed by atoms with Gasteiger partial charge in [0.1, 0.15) is 5.75 Å². The van der Waals surface area contributed by atoms with Crippen molar-refractivity contribution >= 4 is 5.91 Å². The molecule has 0 aliphatic heterocycles. The summed E-state index contributed by atoms with van der Waals surface area (Å²) >= 11 is 0. The maximum absolute atomic E-state index is 11.0. The molecule has 0 aliphatic rings. The minimum absolute atomic E-state index is 0.0983. The van der Waals surface area contributed by atoms with E-state index < -0.39 is 0 Å². The summed E-state index contributed by atoms with van der Waals surface area (Å²) in [5.41, 5.74) is 7.15. The van der Waals surface area contributed by atoms with Gasteiger partial charge in [0, 0.05) is 6.42 Å². The first-order valence-corrected chi connectivity index (χ1v) is 6.64. The van der Waals surface area contributed by atoms with Crippen LogP contribution in [0, 0.1) is 20.8 Å². The van der Waals surface area contributed by atoms with Crippen molar-refractivity contribution in [1.82, 2.24) is 5.43 Å². The summed E-state index contributed by atoms with van der Waals surface area (Å²) in [5, 5.41) is 0. The Morgan fingerprint density at radius 3 is 2.53 bits per heavy atom. The molecule has 0 saturated carbocycles. The molecule has 1 aromatic rings. The van der Waals surface area contributed by atoms with Gasteiger partial charge in [-0.2, -0.15) is 0 Å². The molecule has 0 radical (unpaired) electrons. The molecule has 4 heteroatoms. The molecule has 4 nitrogen and oxygen atoms in total. The van der Waals surface area contributed by atoms with Crippen molar-refractivity contribution in [2.24, 2.45) is 5.84 Å². The van der Waals surface area contributed by atoms with Gasteiger partial charge in [-0.15, -0.1) is 0 Å². The monoisotopic (exact) mass is 264 g/mol. The highest BCUT2D eigenvalue weighted by Crippen LogP contribution is 2.29. The molecule has 0 bridgehead atoms. The number of aryl methyl sites for hydroxylation is 2. The maximum Gasteiger partial charge on any atom is 0.233 e. The van der Waals surface area contributed by atoms with Crippen molar-refractivity contribution in [2.45, 2.75) is 46.5 Å². The number of nitrogens with two attached hydrogens (primary N) is 1. The summed E-state index contributed by atoms with van der Waals surface area (Å²) < 4.78 is 5.42. The standard InChI is InChI=1S/C15H24N2O2/c1-10-9-13(7-5-6-8-14(18)17-16)11(2)12(3)15(10)19-4/h9H,5-8,16H2,1-4H3,(H,17,18). The van der Waals surface area contributed by atoms with Gasteiger partial charge < -0.3 is 4.74 Å². The predicted octanol–water partition coefficient (Wildman–Crippen LogP) is 2.32. The Labute approximate surface area is 115 Å². The van der Waals surface area contributed by atoms with E-state index in [1.165, 1.54) is 22.3 Å². The number of ether oxygens (including phenoxy) is 1. The fraction of sp³-hybridized carbons (Fsp3) is 0.533. The second-order valence-corrected chi connectivity index (χ2v) is 4.91. The largest absolute Gasteiger partial charge is 0.496 e. The summed E-state index contributed by atoms with van der Waals surface area (Å²) in [5.74, 6) is 5.93. The lowest BCUT2D eigenvalue weighted by Crippen LogP contribution is -2.29. The summed E-state index contributed by atoms with van der Waals surface area (Å²) in [6.07, 6.45) is 3.31. The number of rotatable bonds is 6. The Morgan fingerprint density at radius 2 is 1.95 bits per heavy atom. The summed E-state index contributed by atoms with van der Waals surface area (Å²) in [6.45, 7) is 6.28. The van der Waals surface area contributed by atoms with E-state index in [-0.39, 0.29) is 5.91 Å². The number of methoxy groups -OCH3 is 1. The van der Waals surface area contributed by atoms with Crippen molar-refractivity contribution in [1.29, 1.82) is 0 Å². The van der Waals surface area contributed by atoms with Crippen LogP contribution in [0.1, 0.15) is 41.5 Å². The zero-order chi connectivity index (χ0) is 14.4. The highest BCUT2D eigenvalue weighted by Gasteiger charge is 2.10. The van der Waals surface area contributed by atoms with E-state index in [4.69, 9.17) is 10.6 Å². The molecule has 0 unspecified atom stereocenters. The van der Waals surface area contributed by atoms with Crippen molar-refractivity contribution in [3.63, 3.8) is 0 Å². The molecule has 1 rings (SSSR count). The number of carbonyl (C=O) groups is 1. The Morgan fingerprint density at radius 1 is 1.26 bits per heavy atom. The van der Waals surface area contributed by atoms with Crippen LogP contribution in [-0.4, -0.2) is 13.0 Å². The lowest BCUT2D eigenvalue weighted by atomic mass is 9.95. The third-order valence-electron chi connectivity index (χ3n) is 3.60. The van der Waals surface area contributed by atoms with Crippen molar-refractivity contribution in [3.8, 4) is 5.75 Å². The fourth-order valence-electron chi connectivity index (χ4n) is 2.39. The van der Waals surface area contributed by atoms with Gasteiger partial charge in [0.05, 0.1) is 7.11 Å². The molecule has 106 valence electrons. The molecule has 0 saturated heterocycles. The normalized spacial score (nSPS) is 10.4. The van der Waals surface area contributed by atoms with Crippen molar-refractivity contribution < 1.29 is 9.53 Å². The summed E-state index contributed by atoms with van der Waals surface area (Å²) in [7, 11) is 1.71. The minimum atomic E-state index is -0.0983. The van der Waals surface area contributed by atoms with E-state index in [0.29, 0.717) is 6.42 Å². The molecule has 1 aromatic carbocycles. The SMILES string of the molecule is COc1c(C)cc(CCCCC(=O)NN)c(C)c1C. The van der Waals surface area contributed by atoms with Gasteiger partial charge in [-0.05, 0) is 62.3 Å². The third kappa shape index (κ3) is 3.96. The topological polar surface area (TPSA) is 64.3 Å². The second kappa shape index (κ2) is 7.14. The molecule has 0 aliphatic carbocycles. The molecular weight excluding hydrogens is 240 g/mol. The van der Waals surface area contributed by atoms with Gasteiger partial charge in [0.2, 0.25) is 5.91 Å². The minimum Gasteiger partial charge on any atom is -0.496 e. The maximum atomic E-state index is 11.0. The van der Waals surface area contributed by atoms with Gasteiger partial charge in [-0.3, -0.25) is 10.2 Å². The van der Waals surface area contributed by atoms with Crippen molar-refractivity contribution in [3.05, 3.63) is 28.3 Å². The van der Waals surface area contributed by atoms with Crippen LogP contribution in [0.2, 0.25) is 0 Å². The van der Waals surface area contributed by atoms with Crippen LogP contribution < -0.4 is 16.0 Å². The number of amides is 1. The number of carbonyl (C=O) groups excluding carboxylic acids is 1. The van der Waals surface area contributed by atoms with Gasteiger partial charge in [-0.1, -0.05) is 6.07 Å². The number of hydrogen-bond acceptors (Lipinski definition) is 3. The number of hydrazine groups is 1. The second-order valence-electron chi connectivity index (χ2n) is 4.91. The molecule has 1 amide bonds. The van der Waals surface area contributed by atoms with Crippen LogP contribution in [0.25, 0.3) is 0 Å². The Balaban J connectivity index is 2.67. The van der Waals surface area contributed by atoms with E-state index in [0.717, 1.165) is 25.0 Å². The van der Waals surface area contributed by atoms with Crippen LogP contribution in [0.3, 0.4) is 0 Å². The number of nitrogens with one attached hydrogen (secondary N) is 1. The Bertz CT molecular complexity index is 456. The number of unbranched alkanes of at least 4 members (excludes halogenated alkanes) is 1. The van der Waals surface area contributed by atoms with Gasteiger partial charge in [0.25, 0.3) is 0 Å². The smallest absolute Gasteiger partial charge is 0.233 e. The van der Waals surface area contributed by atoms with E-state index in [2.05, 4.69) is 32.3 Å². The molecule has 0 heterocycles. The average Bonchev–Trinajstić information content (AvgIpc) is 2.40. The van der Waals surface area contributed by atoms with Crippen LogP contribution in [0.15, 0.2) is 6.07 Å². The van der Waals surface area contributed by atoms with Crippen LogP contribution in [0.5, 0.6) is 5.75 Å². The van der Waals surface area contributed by atoms with E-state index >= 15 is 0 Å². The number of hydrogen-bond donors (Lipinski definition) is 2. The molecule has 0 atom stereocenters. The first-order chi connectivity index (χ1) is 9.01. The average molecular weight is 264 g/mol. The molecule has 0 fully saturated rings. The Kier molecular flexibility index (Phi) is 5.83. The Hall–Kier alpha value is -1.55. The van der Waals surface area contributed by atoms with E-state index in [1.807, 2.05) is 0 Å². The van der Waals surface area contributed by atoms with Crippen LogP contribution >= 0.6 is 0 Å². The van der Waals surface area contributed by atoms with Gasteiger partial charge in [-0.25, -0.2) is 5.84 Å². The van der Waals surface area contributed by atoms with Crippen molar-refractivity contribution in [2.75, 3.05) is 7.11 Å². The summed E-state index contributed by atoms with van der Waals surface area (Å²) in [6, 6.07) is 2.18. The zero-order valence-corrected chi connectivity index (χ0v) is 12.3. The fourth-order valence-corrected chi connectivity index (χ4v) is 2.39. The molecule has 19 heavy (non-hydrogen) atoms. The van der Waals surface area contributed by atoms with Crippen LogP contribution in [0.4, 0.5) is 0 Å². The van der Waals surface area contributed by atoms with E-state index in [9.17, 15) is 4.79 Å². The first-order valence-electron chi connectivity index (χ1n) is 6.64. The molecule has 0 spiro atoms. The van der Waals surface area contributed by atoms with Gasteiger partial charge in [0.15, 0.2) is 0 Å². The quantitative estimate of drug-likeness (QED) is 0.359. The number of benzene rings is 1. The molecule has 3 N–H and O–H groups in total. The highest BCUT2D eigenvalue weighted by molar-refractivity contribution is 5.75. The predicted molar refractivity (Wildman–Crippen MR) is 77.1 cm³/mol. The van der Waals surface area contributed by atoms with E-state index in [1.54, 1.807) is 7.11 Å². The first kappa shape index (κ1) is 15.5. The lowest BCUT2D eigenvalue weighted by Gasteiger charge is -2.15. The molecular formula is C15H24N2O2.